The predicted octanol–water partition coefficient (Wildman–Crippen LogP) is 6.46. The van der Waals surface area contributed by atoms with Crippen molar-refractivity contribution in [1.82, 2.24) is 0 Å². The summed E-state index contributed by atoms with van der Waals surface area (Å²) in [6.07, 6.45) is 11.7. The molecule has 0 aliphatic heterocycles. The predicted molar refractivity (Wildman–Crippen MR) is 103 cm³/mol. The first-order valence-electron chi connectivity index (χ1n) is 8.79. The molecule has 1 atom stereocenters. The average Bonchev–Trinajstić information content (AvgIpc) is 3.30. The van der Waals surface area contributed by atoms with Gasteiger partial charge in [-0.05, 0) is 46.3 Å². The summed E-state index contributed by atoms with van der Waals surface area (Å²) in [7, 11) is 0. The van der Waals surface area contributed by atoms with Gasteiger partial charge < -0.3 is 0 Å². The van der Waals surface area contributed by atoms with Crippen LogP contribution in [0.2, 0.25) is 0 Å². The molecule has 0 spiro atoms. The topological polar surface area (TPSA) is 0 Å². The zero-order valence-corrected chi connectivity index (χ0v) is 14.1. The lowest BCUT2D eigenvalue weighted by Crippen LogP contribution is -1.89. The van der Waals surface area contributed by atoms with Crippen LogP contribution in [0.3, 0.4) is 0 Å². The van der Waals surface area contributed by atoms with E-state index in [0.717, 1.165) is 12.8 Å². The zero-order valence-electron chi connectivity index (χ0n) is 14.1. The normalized spacial score (nSPS) is 19.6. The SMILES string of the molecule is CCC1=CC(c2ccccc2)C=C1C1=CC(c2ccccc2)=CC1. The molecule has 0 N–H and O–H groups in total. The molecule has 0 aromatic heterocycles. The molecule has 0 saturated carbocycles. The van der Waals surface area contributed by atoms with Crippen LogP contribution < -0.4 is 0 Å². The van der Waals surface area contributed by atoms with Gasteiger partial charge in [-0.15, -0.1) is 0 Å². The Morgan fingerprint density at radius 2 is 1.58 bits per heavy atom. The van der Waals surface area contributed by atoms with Crippen molar-refractivity contribution in [2.45, 2.75) is 25.7 Å². The fraction of sp³-hybridized carbons (Fsp3) is 0.167. The Bertz CT molecular complexity index is 845. The van der Waals surface area contributed by atoms with Gasteiger partial charge in [-0.25, -0.2) is 0 Å². The fourth-order valence-corrected chi connectivity index (χ4v) is 3.68. The third-order valence-corrected chi connectivity index (χ3v) is 4.96. The average molecular weight is 310 g/mol. The Morgan fingerprint density at radius 1 is 0.875 bits per heavy atom. The van der Waals surface area contributed by atoms with Crippen molar-refractivity contribution < 1.29 is 0 Å². The minimum atomic E-state index is 0.415. The molecule has 24 heavy (non-hydrogen) atoms. The number of hydrogen-bond acceptors (Lipinski definition) is 0. The lowest BCUT2D eigenvalue weighted by atomic mass is 9.97. The highest BCUT2D eigenvalue weighted by Crippen LogP contribution is 2.40. The van der Waals surface area contributed by atoms with Crippen LogP contribution in [0.4, 0.5) is 0 Å². The van der Waals surface area contributed by atoms with Crippen LogP contribution in [0.15, 0.2) is 102 Å². The standard InChI is InChI=1S/C24H22/c1-2-18-15-23(20-11-7-4-8-12-20)17-24(18)22-14-13-21(16-22)19-9-5-3-6-10-19/h3-13,15-17,23H,2,14H2,1H3. The van der Waals surface area contributed by atoms with Crippen molar-refractivity contribution in [3.05, 3.63) is 113 Å². The summed E-state index contributed by atoms with van der Waals surface area (Å²) in [5, 5.41) is 0. The van der Waals surface area contributed by atoms with Crippen LogP contribution in [0.1, 0.15) is 36.8 Å². The molecule has 1 unspecified atom stereocenters. The molecule has 2 aromatic carbocycles. The third-order valence-electron chi connectivity index (χ3n) is 4.96. The highest BCUT2D eigenvalue weighted by atomic mass is 14.3. The number of hydrogen-bond donors (Lipinski definition) is 0. The molecular weight excluding hydrogens is 288 g/mol. The van der Waals surface area contributed by atoms with Crippen molar-refractivity contribution in [2.75, 3.05) is 0 Å². The Balaban J connectivity index is 1.64. The second-order valence-corrected chi connectivity index (χ2v) is 6.46. The summed E-state index contributed by atoms with van der Waals surface area (Å²) in [6, 6.07) is 21.5. The van der Waals surface area contributed by atoms with Crippen LogP contribution in [0.25, 0.3) is 5.57 Å². The molecule has 0 radical (unpaired) electrons. The number of allylic oxidation sites excluding steroid dienone is 8. The van der Waals surface area contributed by atoms with E-state index >= 15 is 0 Å². The third kappa shape index (κ3) is 2.80. The molecule has 2 aliphatic rings. The molecule has 118 valence electrons. The molecule has 2 aliphatic carbocycles. The van der Waals surface area contributed by atoms with Crippen molar-refractivity contribution >= 4 is 5.57 Å². The first-order chi connectivity index (χ1) is 11.8. The monoisotopic (exact) mass is 310 g/mol. The van der Waals surface area contributed by atoms with E-state index in [2.05, 4.69) is 91.9 Å². The summed E-state index contributed by atoms with van der Waals surface area (Å²) < 4.78 is 0. The number of benzene rings is 2. The molecule has 0 heterocycles. The molecular formula is C24H22. The summed E-state index contributed by atoms with van der Waals surface area (Å²) in [4.78, 5) is 0. The van der Waals surface area contributed by atoms with E-state index < -0.39 is 0 Å². The Hall–Kier alpha value is -2.60. The maximum Gasteiger partial charge on any atom is 0.0213 e. The van der Waals surface area contributed by atoms with Gasteiger partial charge in [0.2, 0.25) is 0 Å². The molecule has 2 aromatic rings. The van der Waals surface area contributed by atoms with Gasteiger partial charge in [0.05, 0.1) is 0 Å². The van der Waals surface area contributed by atoms with Gasteiger partial charge in [0.15, 0.2) is 0 Å². The minimum Gasteiger partial charge on any atom is -0.0722 e. The van der Waals surface area contributed by atoms with E-state index in [1.165, 1.54) is 33.4 Å². The van der Waals surface area contributed by atoms with Gasteiger partial charge in [-0.2, -0.15) is 0 Å². The van der Waals surface area contributed by atoms with Gasteiger partial charge in [0, 0.05) is 5.92 Å². The molecule has 0 fully saturated rings. The Morgan fingerprint density at radius 3 is 2.29 bits per heavy atom. The van der Waals surface area contributed by atoms with E-state index in [1.807, 2.05) is 0 Å². The van der Waals surface area contributed by atoms with E-state index in [-0.39, 0.29) is 0 Å². The maximum absolute atomic E-state index is 2.45. The molecule has 0 saturated heterocycles. The Kier molecular flexibility index (Phi) is 4.04. The quantitative estimate of drug-likeness (QED) is 0.608. The summed E-state index contributed by atoms with van der Waals surface area (Å²) >= 11 is 0. The highest BCUT2D eigenvalue weighted by Gasteiger charge is 2.22. The van der Waals surface area contributed by atoms with Gasteiger partial charge in [-0.1, -0.05) is 91.9 Å². The summed E-state index contributed by atoms with van der Waals surface area (Å²) in [6.45, 7) is 2.26. The largest absolute Gasteiger partial charge is 0.0722 e. The molecule has 0 heteroatoms. The number of rotatable bonds is 4. The Labute approximate surface area is 144 Å². The molecule has 0 nitrogen and oxygen atoms in total. The maximum atomic E-state index is 2.45. The van der Waals surface area contributed by atoms with E-state index in [1.54, 1.807) is 0 Å². The van der Waals surface area contributed by atoms with Crippen LogP contribution in [0, 0.1) is 0 Å². The fourth-order valence-electron chi connectivity index (χ4n) is 3.68. The second-order valence-electron chi connectivity index (χ2n) is 6.46. The first-order valence-corrected chi connectivity index (χ1v) is 8.79. The van der Waals surface area contributed by atoms with Gasteiger partial charge >= 0.3 is 0 Å². The van der Waals surface area contributed by atoms with Crippen LogP contribution in [-0.4, -0.2) is 0 Å². The molecule has 0 amide bonds. The lowest BCUT2D eigenvalue weighted by Gasteiger charge is -2.07. The van der Waals surface area contributed by atoms with E-state index in [9.17, 15) is 0 Å². The summed E-state index contributed by atoms with van der Waals surface area (Å²) in [5.74, 6) is 0.415. The van der Waals surface area contributed by atoms with Crippen molar-refractivity contribution in [1.29, 1.82) is 0 Å². The van der Waals surface area contributed by atoms with Gasteiger partial charge in [0.25, 0.3) is 0 Å². The summed E-state index contributed by atoms with van der Waals surface area (Å²) in [5.41, 5.74) is 8.44. The lowest BCUT2D eigenvalue weighted by molar-refractivity contribution is 1.08. The highest BCUT2D eigenvalue weighted by molar-refractivity contribution is 5.80. The van der Waals surface area contributed by atoms with E-state index in [0.29, 0.717) is 5.92 Å². The van der Waals surface area contributed by atoms with Crippen molar-refractivity contribution in [3.8, 4) is 0 Å². The van der Waals surface area contributed by atoms with Crippen LogP contribution in [-0.2, 0) is 0 Å². The molecule has 4 rings (SSSR count). The first kappa shape index (κ1) is 15.0. The van der Waals surface area contributed by atoms with Crippen molar-refractivity contribution in [3.63, 3.8) is 0 Å². The van der Waals surface area contributed by atoms with Crippen LogP contribution in [0.5, 0.6) is 0 Å². The second kappa shape index (κ2) is 6.49. The molecule has 0 bridgehead atoms. The zero-order chi connectivity index (χ0) is 16.4. The van der Waals surface area contributed by atoms with Gasteiger partial charge in [0.1, 0.15) is 0 Å². The minimum absolute atomic E-state index is 0.415. The van der Waals surface area contributed by atoms with Crippen molar-refractivity contribution in [2.24, 2.45) is 0 Å². The van der Waals surface area contributed by atoms with Gasteiger partial charge in [-0.3, -0.25) is 0 Å². The smallest absolute Gasteiger partial charge is 0.0213 e. The van der Waals surface area contributed by atoms with Crippen LogP contribution >= 0.6 is 0 Å². The van der Waals surface area contributed by atoms with E-state index in [4.69, 9.17) is 0 Å².